The minimum absolute atomic E-state index is 0.251. The Kier molecular flexibility index (Phi) is 3.60. The molecule has 7 heteroatoms. The van der Waals surface area contributed by atoms with Crippen molar-refractivity contribution in [1.29, 1.82) is 0 Å². The molecule has 0 aliphatic heterocycles. The van der Waals surface area contributed by atoms with Crippen LogP contribution in [-0.2, 0) is 16.6 Å². The van der Waals surface area contributed by atoms with Gasteiger partial charge in [0.05, 0.1) is 6.20 Å². The Morgan fingerprint density at radius 1 is 1.45 bits per heavy atom. The van der Waals surface area contributed by atoms with E-state index in [0.29, 0.717) is 19.6 Å². The summed E-state index contributed by atoms with van der Waals surface area (Å²) in [5.74, 6) is 0.748. The third kappa shape index (κ3) is 2.89. The van der Waals surface area contributed by atoms with Crippen molar-refractivity contribution in [2.24, 2.45) is 17.1 Å². The minimum Gasteiger partial charge on any atom is -0.330 e. The lowest BCUT2D eigenvalue weighted by Gasteiger charge is -2.14. The number of nitrogens with one attached hydrogen (secondary N) is 1. The summed E-state index contributed by atoms with van der Waals surface area (Å²) >= 11 is 0. The van der Waals surface area contributed by atoms with Crippen molar-refractivity contribution < 1.29 is 8.42 Å². The van der Waals surface area contributed by atoms with E-state index in [1.165, 1.54) is 19.0 Å². The standard InChI is InChI=1S/C13H22N4O2S/c14-6-1-7-17-9-12(8-15-17)20(18,19)16-10-13(4-5-13)11-2-3-11/h8-9,11,16H,1-7,10,14H2. The number of hydrogen-bond donors (Lipinski definition) is 2. The Morgan fingerprint density at radius 2 is 2.20 bits per heavy atom. The summed E-state index contributed by atoms with van der Waals surface area (Å²) in [4.78, 5) is 0.251. The van der Waals surface area contributed by atoms with Gasteiger partial charge in [0.15, 0.2) is 0 Å². The van der Waals surface area contributed by atoms with E-state index in [2.05, 4.69) is 9.82 Å². The van der Waals surface area contributed by atoms with Crippen molar-refractivity contribution >= 4 is 10.0 Å². The molecule has 0 radical (unpaired) electrons. The fourth-order valence-corrected chi connectivity index (χ4v) is 3.86. The van der Waals surface area contributed by atoms with Gasteiger partial charge < -0.3 is 5.73 Å². The number of aromatic nitrogens is 2. The molecule has 112 valence electrons. The summed E-state index contributed by atoms with van der Waals surface area (Å²) in [5.41, 5.74) is 5.70. The highest BCUT2D eigenvalue weighted by Gasteiger charge is 2.53. The maximum atomic E-state index is 12.2. The molecule has 2 fully saturated rings. The predicted octanol–water partition coefficient (Wildman–Crippen LogP) is 0.700. The Morgan fingerprint density at radius 3 is 2.80 bits per heavy atom. The normalized spacial score (nSPS) is 21.1. The van der Waals surface area contributed by atoms with E-state index >= 15 is 0 Å². The van der Waals surface area contributed by atoms with E-state index in [4.69, 9.17) is 5.73 Å². The van der Waals surface area contributed by atoms with Gasteiger partial charge in [-0.1, -0.05) is 0 Å². The van der Waals surface area contributed by atoms with Gasteiger partial charge in [-0.15, -0.1) is 0 Å². The number of nitrogens with zero attached hydrogens (tertiary/aromatic N) is 2. The van der Waals surface area contributed by atoms with Crippen molar-refractivity contribution in [3.63, 3.8) is 0 Å². The van der Waals surface area contributed by atoms with Gasteiger partial charge in [0.1, 0.15) is 4.90 Å². The fourth-order valence-electron chi connectivity index (χ4n) is 2.77. The van der Waals surface area contributed by atoms with Crippen LogP contribution in [0.3, 0.4) is 0 Å². The average Bonchev–Trinajstić information content (AvgIpc) is 3.32. The first kappa shape index (κ1) is 14.0. The molecule has 3 N–H and O–H groups in total. The third-order valence-corrected chi connectivity index (χ3v) is 5.82. The summed E-state index contributed by atoms with van der Waals surface area (Å²) in [7, 11) is -3.43. The molecule has 3 rings (SSSR count). The summed E-state index contributed by atoms with van der Waals surface area (Å²) in [6, 6.07) is 0. The number of sulfonamides is 1. The van der Waals surface area contributed by atoms with Gasteiger partial charge in [0.2, 0.25) is 10.0 Å². The molecule has 2 aliphatic carbocycles. The molecule has 1 heterocycles. The molecule has 20 heavy (non-hydrogen) atoms. The van der Waals surface area contributed by atoms with Crippen molar-refractivity contribution in [2.75, 3.05) is 13.1 Å². The second-order valence-electron chi connectivity index (χ2n) is 6.04. The first-order chi connectivity index (χ1) is 9.56. The van der Waals surface area contributed by atoms with Gasteiger partial charge in [0, 0.05) is 19.3 Å². The second-order valence-corrected chi connectivity index (χ2v) is 7.81. The van der Waals surface area contributed by atoms with E-state index in [0.717, 1.165) is 25.2 Å². The molecular weight excluding hydrogens is 276 g/mol. The quantitative estimate of drug-likeness (QED) is 0.739. The first-order valence-electron chi connectivity index (χ1n) is 7.28. The highest BCUT2D eigenvalue weighted by molar-refractivity contribution is 7.89. The monoisotopic (exact) mass is 298 g/mol. The van der Waals surface area contributed by atoms with Crippen LogP contribution in [0.1, 0.15) is 32.1 Å². The van der Waals surface area contributed by atoms with Crippen molar-refractivity contribution in [3.8, 4) is 0 Å². The lowest BCUT2D eigenvalue weighted by atomic mass is 10.0. The molecule has 2 aliphatic rings. The maximum absolute atomic E-state index is 12.2. The molecule has 0 bridgehead atoms. The number of hydrogen-bond acceptors (Lipinski definition) is 4. The summed E-state index contributed by atoms with van der Waals surface area (Å²) < 4.78 is 28.9. The molecule has 0 aromatic carbocycles. The number of rotatable bonds is 8. The van der Waals surface area contributed by atoms with Crippen LogP contribution in [-0.4, -0.2) is 31.3 Å². The van der Waals surface area contributed by atoms with Gasteiger partial charge in [-0.25, -0.2) is 13.1 Å². The van der Waals surface area contributed by atoms with Gasteiger partial charge >= 0.3 is 0 Å². The second kappa shape index (κ2) is 5.13. The summed E-state index contributed by atoms with van der Waals surface area (Å²) in [6.45, 7) is 1.80. The van der Waals surface area contributed by atoms with E-state index in [1.54, 1.807) is 10.9 Å². The third-order valence-electron chi connectivity index (χ3n) is 4.46. The van der Waals surface area contributed by atoms with Crippen LogP contribution < -0.4 is 10.5 Å². The van der Waals surface area contributed by atoms with Crippen molar-refractivity contribution in [3.05, 3.63) is 12.4 Å². The molecule has 0 unspecified atom stereocenters. The zero-order valence-corrected chi connectivity index (χ0v) is 12.4. The molecule has 6 nitrogen and oxygen atoms in total. The zero-order chi connectivity index (χ0) is 14.2. The van der Waals surface area contributed by atoms with Crippen molar-refractivity contribution in [2.45, 2.75) is 43.5 Å². The Labute approximate surface area is 119 Å². The summed E-state index contributed by atoms with van der Waals surface area (Å²) in [6.07, 6.45) is 8.63. The molecule has 1 aromatic rings. The van der Waals surface area contributed by atoms with Gasteiger partial charge in [-0.2, -0.15) is 5.10 Å². The molecule has 0 amide bonds. The molecule has 0 saturated heterocycles. The van der Waals surface area contributed by atoms with Gasteiger partial charge in [-0.05, 0) is 50.0 Å². The lowest BCUT2D eigenvalue weighted by Crippen LogP contribution is -2.31. The first-order valence-corrected chi connectivity index (χ1v) is 8.76. The molecule has 2 saturated carbocycles. The van der Waals surface area contributed by atoms with Crippen LogP contribution in [0.15, 0.2) is 17.3 Å². The summed E-state index contributed by atoms with van der Waals surface area (Å²) in [5, 5.41) is 4.07. The highest BCUT2D eigenvalue weighted by atomic mass is 32.2. The van der Waals surface area contributed by atoms with Crippen LogP contribution >= 0.6 is 0 Å². The Bertz CT molecular complexity index is 573. The average molecular weight is 298 g/mol. The van der Waals surface area contributed by atoms with Crippen molar-refractivity contribution in [1.82, 2.24) is 14.5 Å². The Balaban J connectivity index is 1.61. The van der Waals surface area contributed by atoms with E-state index in [-0.39, 0.29) is 10.3 Å². The van der Waals surface area contributed by atoms with E-state index in [1.807, 2.05) is 0 Å². The van der Waals surface area contributed by atoms with Gasteiger partial charge in [0.25, 0.3) is 0 Å². The number of nitrogens with two attached hydrogens (primary N) is 1. The van der Waals surface area contributed by atoms with Crippen LogP contribution in [0.5, 0.6) is 0 Å². The largest absolute Gasteiger partial charge is 0.330 e. The molecular formula is C13H22N4O2S. The number of aryl methyl sites for hydroxylation is 1. The topological polar surface area (TPSA) is 90.0 Å². The highest BCUT2D eigenvalue weighted by Crippen LogP contribution is 2.60. The molecule has 1 aromatic heterocycles. The fraction of sp³-hybridized carbons (Fsp3) is 0.769. The lowest BCUT2D eigenvalue weighted by molar-refractivity contribution is 0.432. The van der Waals surface area contributed by atoms with Gasteiger partial charge in [-0.3, -0.25) is 4.68 Å². The minimum atomic E-state index is -3.43. The van der Waals surface area contributed by atoms with Crippen LogP contribution in [0.2, 0.25) is 0 Å². The molecule has 0 atom stereocenters. The smallest absolute Gasteiger partial charge is 0.243 e. The predicted molar refractivity (Wildman–Crippen MR) is 75.5 cm³/mol. The van der Waals surface area contributed by atoms with Crippen LogP contribution in [0, 0.1) is 11.3 Å². The van der Waals surface area contributed by atoms with Crippen LogP contribution in [0.25, 0.3) is 0 Å². The van der Waals surface area contributed by atoms with E-state index < -0.39 is 10.0 Å². The molecule has 0 spiro atoms. The maximum Gasteiger partial charge on any atom is 0.243 e. The van der Waals surface area contributed by atoms with E-state index in [9.17, 15) is 8.42 Å². The zero-order valence-electron chi connectivity index (χ0n) is 11.6. The van der Waals surface area contributed by atoms with Crippen LogP contribution in [0.4, 0.5) is 0 Å². The Hall–Kier alpha value is -0.920. The SMILES string of the molecule is NCCCn1cc(S(=O)(=O)NCC2(C3CC3)CC2)cn1.